The number of anilines is 1. The van der Waals surface area contributed by atoms with E-state index in [-0.39, 0.29) is 37.9 Å². The lowest BCUT2D eigenvalue weighted by atomic mass is 9.80. The van der Waals surface area contributed by atoms with Crippen molar-refractivity contribution in [3.05, 3.63) is 84.1 Å². The average molecular weight is 561 g/mol. The monoisotopic (exact) mass is 560 g/mol. The highest BCUT2D eigenvalue weighted by atomic mass is 19.1. The molecule has 12 heteroatoms. The van der Waals surface area contributed by atoms with Gasteiger partial charge in [0.25, 0.3) is 0 Å². The molecule has 2 aromatic heterocycles. The van der Waals surface area contributed by atoms with Crippen LogP contribution in [0.4, 0.5) is 10.3 Å². The van der Waals surface area contributed by atoms with Crippen molar-refractivity contribution in [3.8, 4) is 22.6 Å². The number of benzene rings is 2. The Balaban J connectivity index is 1.37. The van der Waals surface area contributed by atoms with Crippen LogP contribution in [0.15, 0.2) is 66.9 Å². The number of aromatic amines is 1. The van der Waals surface area contributed by atoms with Crippen LogP contribution in [0.2, 0.25) is 0 Å². The summed E-state index contributed by atoms with van der Waals surface area (Å²) in [5.41, 5.74) is 8.47. The first-order valence-corrected chi connectivity index (χ1v) is 12.9. The summed E-state index contributed by atoms with van der Waals surface area (Å²) in [4.78, 5) is 40.3. The summed E-state index contributed by atoms with van der Waals surface area (Å²) in [6.45, 7) is 1.79. The third-order valence-electron chi connectivity index (χ3n) is 6.82. The van der Waals surface area contributed by atoms with Gasteiger partial charge < -0.3 is 30.6 Å². The number of imidazole rings is 1. The summed E-state index contributed by atoms with van der Waals surface area (Å²) < 4.78 is 25.7. The molecule has 0 amide bonds. The SMILES string of the molecule is CC1(C(N)C(=O)Cc2ccccc2)COC(c2nc(-c3ccc(F)cc3)c(-c3ccnc(NCC(=O)O)n3)[nH]2)OC1. The number of nitrogens with zero attached hydrogens (tertiary/aromatic N) is 3. The maximum absolute atomic E-state index is 13.7. The minimum absolute atomic E-state index is 0.112. The summed E-state index contributed by atoms with van der Waals surface area (Å²) in [6, 6.07) is 16.0. The first-order chi connectivity index (χ1) is 19.7. The lowest BCUT2D eigenvalue weighted by Crippen LogP contribution is -2.53. The number of hydrogen-bond donors (Lipinski definition) is 4. The van der Waals surface area contributed by atoms with Crippen LogP contribution in [0.5, 0.6) is 0 Å². The van der Waals surface area contributed by atoms with Crippen LogP contribution in [-0.2, 0) is 25.5 Å². The second-order valence-electron chi connectivity index (χ2n) is 10.1. The number of carboxylic acid groups (broad SMARTS) is 1. The molecule has 2 aromatic carbocycles. The van der Waals surface area contributed by atoms with Crippen LogP contribution in [0.1, 0.15) is 24.6 Å². The fraction of sp³-hybridized carbons (Fsp3) is 0.276. The Morgan fingerprint density at radius 1 is 1.12 bits per heavy atom. The van der Waals surface area contributed by atoms with Crippen molar-refractivity contribution < 1.29 is 28.6 Å². The second-order valence-corrected chi connectivity index (χ2v) is 10.1. The molecule has 0 aliphatic carbocycles. The standard InChI is InChI=1S/C29H29FN6O5/c1-29(25(31)21(37)13-17-5-3-2-4-6-17)15-40-27(41-16-29)26-35-23(18-7-9-19(30)10-8-18)24(36-26)20-11-12-32-28(34-20)33-14-22(38)39/h2-12,25,27H,13-16,31H2,1H3,(H,35,36)(H,38,39)(H,32,33,34). The van der Waals surface area contributed by atoms with E-state index in [1.165, 1.54) is 18.3 Å². The number of aliphatic carboxylic acids is 1. The van der Waals surface area contributed by atoms with Gasteiger partial charge in [-0.2, -0.15) is 0 Å². The maximum Gasteiger partial charge on any atom is 0.322 e. The normalized spacial score (nSPS) is 19.4. The molecule has 212 valence electrons. The number of ketones is 1. The molecule has 1 unspecified atom stereocenters. The van der Waals surface area contributed by atoms with E-state index in [2.05, 4.69) is 20.3 Å². The molecule has 5 N–H and O–H groups in total. The number of halogens is 1. The molecule has 5 rings (SSSR count). The molecule has 41 heavy (non-hydrogen) atoms. The van der Waals surface area contributed by atoms with E-state index in [9.17, 15) is 14.0 Å². The Morgan fingerprint density at radius 2 is 1.83 bits per heavy atom. The van der Waals surface area contributed by atoms with E-state index in [0.717, 1.165) is 5.56 Å². The molecule has 3 heterocycles. The van der Waals surface area contributed by atoms with Gasteiger partial charge in [0.05, 0.1) is 36.3 Å². The number of nitrogens with one attached hydrogen (secondary N) is 2. The third kappa shape index (κ3) is 6.46. The van der Waals surface area contributed by atoms with Crippen LogP contribution in [0.3, 0.4) is 0 Å². The van der Waals surface area contributed by atoms with Crippen LogP contribution >= 0.6 is 0 Å². The zero-order valence-corrected chi connectivity index (χ0v) is 22.2. The summed E-state index contributed by atoms with van der Waals surface area (Å²) in [6.07, 6.45) is 0.805. The quantitative estimate of drug-likeness (QED) is 0.226. The Kier molecular flexibility index (Phi) is 8.15. The van der Waals surface area contributed by atoms with E-state index in [1.807, 2.05) is 37.3 Å². The first kappa shape index (κ1) is 28.0. The fourth-order valence-corrected chi connectivity index (χ4v) is 4.50. The topological polar surface area (TPSA) is 165 Å². The van der Waals surface area contributed by atoms with E-state index < -0.39 is 29.5 Å². The van der Waals surface area contributed by atoms with Crippen molar-refractivity contribution in [2.24, 2.45) is 11.1 Å². The third-order valence-corrected chi connectivity index (χ3v) is 6.82. The molecule has 0 radical (unpaired) electrons. The number of carbonyl (C=O) groups is 2. The summed E-state index contributed by atoms with van der Waals surface area (Å²) >= 11 is 0. The molecule has 1 aliphatic rings. The minimum Gasteiger partial charge on any atom is -0.480 e. The van der Waals surface area contributed by atoms with Gasteiger partial charge in [0.15, 0.2) is 11.6 Å². The molecule has 1 saturated heterocycles. The largest absolute Gasteiger partial charge is 0.480 e. The second kappa shape index (κ2) is 11.9. The summed E-state index contributed by atoms with van der Waals surface area (Å²) in [7, 11) is 0. The average Bonchev–Trinajstić information content (AvgIpc) is 3.42. The Hall–Kier alpha value is -4.52. The highest BCUT2D eigenvalue weighted by molar-refractivity contribution is 5.86. The first-order valence-electron chi connectivity index (χ1n) is 12.9. The van der Waals surface area contributed by atoms with Crippen molar-refractivity contribution in [2.45, 2.75) is 25.7 Å². The van der Waals surface area contributed by atoms with Gasteiger partial charge >= 0.3 is 5.97 Å². The maximum atomic E-state index is 13.7. The smallest absolute Gasteiger partial charge is 0.322 e. The highest BCUT2D eigenvalue weighted by Gasteiger charge is 2.42. The van der Waals surface area contributed by atoms with Crippen LogP contribution in [0, 0.1) is 11.2 Å². The van der Waals surface area contributed by atoms with Gasteiger partial charge in [0.1, 0.15) is 12.4 Å². The zero-order chi connectivity index (χ0) is 29.0. The predicted molar refractivity (Wildman–Crippen MR) is 147 cm³/mol. The van der Waals surface area contributed by atoms with E-state index in [0.29, 0.717) is 28.5 Å². The van der Waals surface area contributed by atoms with Gasteiger partial charge in [-0.3, -0.25) is 9.59 Å². The lowest BCUT2D eigenvalue weighted by Gasteiger charge is -2.39. The number of aromatic nitrogens is 4. The molecule has 1 aliphatic heterocycles. The number of carbonyl (C=O) groups excluding carboxylic acids is 1. The van der Waals surface area contributed by atoms with Crippen LogP contribution < -0.4 is 11.1 Å². The van der Waals surface area contributed by atoms with Gasteiger partial charge in [0.2, 0.25) is 12.2 Å². The van der Waals surface area contributed by atoms with E-state index in [4.69, 9.17) is 25.3 Å². The van der Waals surface area contributed by atoms with Crippen LogP contribution in [-0.4, -0.2) is 62.6 Å². The summed E-state index contributed by atoms with van der Waals surface area (Å²) in [5, 5.41) is 11.6. The lowest BCUT2D eigenvalue weighted by molar-refractivity contribution is -0.236. The van der Waals surface area contributed by atoms with E-state index in [1.54, 1.807) is 18.2 Å². The van der Waals surface area contributed by atoms with Gasteiger partial charge in [-0.05, 0) is 35.9 Å². The molecule has 0 bridgehead atoms. The van der Waals surface area contributed by atoms with Gasteiger partial charge in [-0.15, -0.1) is 0 Å². The number of rotatable bonds is 10. The molecule has 4 aromatic rings. The fourth-order valence-electron chi connectivity index (χ4n) is 4.50. The van der Waals surface area contributed by atoms with Gasteiger partial charge in [-0.25, -0.2) is 19.3 Å². The number of hydrogen-bond acceptors (Lipinski definition) is 9. The number of nitrogens with two attached hydrogens (primary N) is 1. The molecule has 1 atom stereocenters. The van der Waals surface area contributed by atoms with Crippen LogP contribution in [0.25, 0.3) is 22.6 Å². The molecule has 0 saturated carbocycles. The zero-order valence-electron chi connectivity index (χ0n) is 22.2. The molecular weight excluding hydrogens is 531 g/mol. The summed E-state index contributed by atoms with van der Waals surface area (Å²) in [5.74, 6) is -1.12. The van der Waals surface area contributed by atoms with Gasteiger partial charge in [0, 0.05) is 23.6 Å². The predicted octanol–water partition coefficient (Wildman–Crippen LogP) is 3.36. The van der Waals surface area contributed by atoms with Crippen molar-refractivity contribution in [3.63, 3.8) is 0 Å². The van der Waals surface area contributed by atoms with Crippen molar-refractivity contribution in [1.82, 2.24) is 19.9 Å². The molecule has 1 fully saturated rings. The van der Waals surface area contributed by atoms with Crippen molar-refractivity contribution in [1.29, 1.82) is 0 Å². The molecule has 11 nitrogen and oxygen atoms in total. The van der Waals surface area contributed by atoms with E-state index >= 15 is 0 Å². The minimum atomic E-state index is -1.06. The number of Topliss-reactive ketones (excluding diaryl/α,β-unsaturated/α-hetero) is 1. The highest BCUT2D eigenvalue weighted by Crippen LogP contribution is 2.36. The number of H-pyrrole nitrogens is 1. The van der Waals surface area contributed by atoms with Crippen molar-refractivity contribution >= 4 is 17.7 Å². The molecule has 0 spiro atoms. The van der Waals surface area contributed by atoms with Gasteiger partial charge in [-0.1, -0.05) is 37.3 Å². The Labute approximate surface area is 235 Å². The molecular formula is C29H29FN6O5. The Bertz CT molecular complexity index is 1520. The Morgan fingerprint density at radius 3 is 2.51 bits per heavy atom. The number of ether oxygens (including phenoxy) is 2. The van der Waals surface area contributed by atoms with Crippen molar-refractivity contribution in [2.75, 3.05) is 25.1 Å². The number of carboxylic acids is 1.